The molecule has 7 heteroatoms. The first kappa shape index (κ1) is 15.7. The normalized spacial score (nSPS) is 28.9. The van der Waals surface area contributed by atoms with Gasteiger partial charge in [-0.2, -0.15) is 0 Å². The van der Waals surface area contributed by atoms with Gasteiger partial charge in [-0.3, -0.25) is 9.69 Å². The summed E-state index contributed by atoms with van der Waals surface area (Å²) in [6, 6.07) is -0.0153. The van der Waals surface area contributed by atoms with E-state index < -0.39 is 9.84 Å². The van der Waals surface area contributed by atoms with Crippen LogP contribution in [-0.2, 0) is 19.4 Å². The van der Waals surface area contributed by atoms with Crippen LogP contribution in [0.1, 0.15) is 26.2 Å². The first-order valence-electron chi connectivity index (χ1n) is 7.33. The number of nitrogens with one attached hydrogen (secondary N) is 1. The average molecular weight is 304 g/mol. The molecular formula is C13H24N2O4S. The molecule has 0 aromatic carbocycles. The Morgan fingerprint density at radius 2 is 2.20 bits per heavy atom. The van der Waals surface area contributed by atoms with Crippen molar-refractivity contribution in [2.75, 3.05) is 37.7 Å². The maximum atomic E-state index is 11.9. The van der Waals surface area contributed by atoms with E-state index in [0.29, 0.717) is 19.5 Å². The molecule has 2 aliphatic heterocycles. The first-order valence-corrected chi connectivity index (χ1v) is 9.15. The van der Waals surface area contributed by atoms with E-state index in [9.17, 15) is 13.2 Å². The van der Waals surface area contributed by atoms with Gasteiger partial charge in [0, 0.05) is 19.2 Å². The predicted molar refractivity (Wildman–Crippen MR) is 76.3 cm³/mol. The number of carbonyl (C=O) groups excluding carboxylic acids is 1. The zero-order valence-electron chi connectivity index (χ0n) is 12.0. The zero-order valence-corrected chi connectivity index (χ0v) is 12.8. The Labute approximate surface area is 120 Å². The fraction of sp³-hybridized carbons (Fsp3) is 0.923. The Morgan fingerprint density at radius 1 is 1.40 bits per heavy atom. The number of hydrogen-bond acceptors (Lipinski definition) is 5. The lowest BCUT2D eigenvalue weighted by molar-refractivity contribution is -0.123. The summed E-state index contributed by atoms with van der Waals surface area (Å²) >= 11 is 0. The van der Waals surface area contributed by atoms with Gasteiger partial charge in [0.25, 0.3) is 0 Å². The van der Waals surface area contributed by atoms with Crippen molar-refractivity contribution in [2.24, 2.45) is 0 Å². The van der Waals surface area contributed by atoms with Crippen LogP contribution in [0.15, 0.2) is 0 Å². The van der Waals surface area contributed by atoms with E-state index in [1.54, 1.807) is 0 Å². The number of nitrogens with zero attached hydrogens (tertiary/aromatic N) is 1. The molecule has 1 amide bonds. The lowest BCUT2D eigenvalue weighted by Gasteiger charge is -2.26. The summed E-state index contributed by atoms with van der Waals surface area (Å²) in [7, 11) is -2.91. The quantitative estimate of drug-likeness (QED) is 0.735. The summed E-state index contributed by atoms with van der Waals surface area (Å²) in [5.74, 6) is 0.373. The van der Waals surface area contributed by atoms with Gasteiger partial charge in [0.1, 0.15) is 0 Å². The number of amides is 1. The molecule has 0 aromatic heterocycles. The second kappa shape index (κ2) is 6.87. The van der Waals surface area contributed by atoms with E-state index in [4.69, 9.17) is 4.74 Å². The summed E-state index contributed by atoms with van der Waals surface area (Å²) in [6.45, 7) is 4.25. The zero-order chi connectivity index (χ0) is 14.6. The molecule has 2 rings (SSSR count). The van der Waals surface area contributed by atoms with E-state index in [1.165, 1.54) is 0 Å². The second-order valence-corrected chi connectivity index (χ2v) is 7.79. The van der Waals surface area contributed by atoms with Crippen molar-refractivity contribution in [1.82, 2.24) is 10.2 Å². The van der Waals surface area contributed by atoms with E-state index in [0.717, 1.165) is 19.4 Å². The minimum Gasteiger partial charge on any atom is -0.376 e. The molecule has 0 aliphatic carbocycles. The van der Waals surface area contributed by atoms with Gasteiger partial charge in [0.05, 0.1) is 24.2 Å². The summed E-state index contributed by atoms with van der Waals surface area (Å²) in [5, 5.41) is 2.88. The van der Waals surface area contributed by atoms with Gasteiger partial charge in [0.2, 0.25) is 5.91 Å². The molecule has 2 fully saturated rings. The average Bonchev–Trinajstić information content (AvgIpc) is 3.02. The van der Waals surface area contributed by atoms with Crippen LogP contribution in [0.25, 0.3) is 0 Å². The van der Waals surface area contributed by atoms with Crippen molar-refractivity contribution in [3.8, 4) is 0 Å². The number of likely N-dealkylation sites (N-methyl/N-ethyl adjacent to an activating group) is 1. The van der Waals surface area contributed by atoms with Crippen LogP contribution >= 0.6 is 0 Å². The molecule has 2 saturated heterocycles. The molecule has 0 aromatic rings. The fourth-order valence-corrected chi connectivity index (χ4v) is 4.60. The van der Waals surface area contributed by atoms with Gasteiger partial charge in [-0.05, 0) is 25.8 Å². The number of ether oxygens (including phenoxy) is 1. The van der Waals surface area contributed by atoms with Crippen molar-refractivity contribution in [3.63, 3.8) is 0 Å². The number of rotatable bonds is 6. The van der Waals surface area contributed by atoms with Gasteiger partial charge in [-0.15, -0.1) is 0 Å². The van der Waals surface area contributed by atoms with E-state index >= 15 is 0 Å². The topological polar surface area (TPSA) is 75.7 Å². The molecular weight excluding hydrogens is 280 g/mol. The van der Waals surface area contributed by atoms with Gasteiger partial charge in [-0.25, -0.2) is 8.42 Å². The molecule has 20 heavy (non-hydrogen) atoms. The largest absolute Gasteiger partial charge is 0.376 e. The standard InChI is InChI=1S/C13H24N2O4S/c1-2-15(11-5-7-20(17,18)10-11)9-13(16)14-8-12-4-3-6-19-12/h11-12H,2-10H2,1H3,(H,14,16). The van der Waals surface area contributed by atoms with Crippen LogP contribution < -0.4 is 5.32 Å². The van der Waals surface area contributed by atoms with Crippen LogP contribution in [0.4, 0.5) is 0 Å². The monoisotopic (exact) mass is 304 g/mol. The lowest BCUT2D eigenvalue weighted by Crippen LogP contribution is -2.44. The highest BCUT2D eigenvalue weighted by atomic mass is 32.2. The van der Waals surface area contributed by atoms with Crippen LogP contribution in [0.3, 0.4) is 0 Å². The minimum atomic E-state index is -2.91. The summed E-state index contributed by atoms with van der Waals surface area (Å²) in [6.07, 6.45) is 2.83. The fourth-order valence-electron chi connectivity index (χ4n) is 2.84. The Kier molecular flexibility index (Phi) is 5.40. The molecule has 2 atom stereocenters. The highest BCUT2D eigenvalue weighted by molar-refractivity contribution is 7.91. The minimum absolute atomic E-state index is 0.0153. The Morgan fingerprint density at radius 3 is 2.75 bits per heavy atom. The number of carbonyl (C=O) groups is 1. The van der Waals surface area contributed by atoms with Gasteiger partial charge in [-0.1, -0.05) is 6.92 Å². The van der Waals surface area contributed by atoms with Gasteiger partial charge >= 0.3 is 0 Å². The van der Waals surface area contributed by atoms with Crippen LogP contribution in [0, 0.1) is 0 Å². The third kappa shape index (κ3) is 4.43. The Balaban J connectivity index is 1.76. The third-order valence-electron chi connectivity index (χ3n) is 4.03. The lowest BCUT2D eigenvalue weighted by atomic mass is 10.2. The van der Waals surface area contributed by atoms with Gasteiger partial charge < -0.3 is 10.1 Å². The van der Waals surface area contributed by atoms with E-state index in [2.05, 4.69) is 5.32 Å². The first-order chi connectivity index (χ1) is 9.50. The van der Waals surface area contributed by atoms with Crippen LogP contribution in [0.5, 0.6) is 0 Å². The second-order valence-electron chi connectivity index (χ2n) is 5.56. The molecule has 1 N–H and O–H groups in total. The van der Waals surface area contributed by atoms with Crippen LogP contribution in [0.2, 0.25) is 0 Å². The Hall–Kier alpha value is -0.660. The van der Waals surface area contributed by atoms with Gasteiger partial charge in [0.15, 0.2) is 9.84 Å². The predicted octanol–water partition coefficient (Wildman–Crippen LogP) is -0.209. The molecule has 6 nitrogen and oxygen atoms in total. The third-order valence-corrected chi connectivity index (χ3v) is 5.78. The maximum absolute atomic E-state index is 11.9. The van der Waals surface area contributed by atoms with E-state index in [-0.39, 0.29) is 36.1 Å². The highest BCUT2D eigenvalue weighted by Crippen LogP contribution is 2.17. The molecule has 2 unspecified atom stereocenters. The summed E-state index contributed by atoms with van der Waals surface area (Å²) < 4.78 is 28.5. The van der Waals surface area contributed by atoms with Crippen molar-refractivity contribution >= 4 is 15.7 Å². The van der Waals surface area contributed by atoms with Crippen molar-refractivity contribution in [2.45, 2.75) is 38.3 Å². The maximum Gasteiger partial charge on any atom is 0.234 e. The number of sulfone groups is 1. The highest BCUT2D eigenvalue weighted by Gasteiger charge is 2.32. The SMILES string of the molecule is CCN(CC(=O)NCC1CCCO1)C1CCS(=O)(=O)C1. The smallest absolute Gasteiger partial charge is 0.234 e. The van der Waals surface area contributed by atoms with Crippen molar-refractivity contribution in [1.29, 1.82) is 0 Å². The molecule has 0 bridgehead atoms. The van der Waals surface area contributed by atoms with E-state index in [1.807, 2.05) is 11.8 Å². The van der Waals surface area contributed by atoms with Crippen molar-refractivity contribution in [3.05, 3.63) is 0 Å². The number of hydrogen-bond donors (Lipinski definition) is 1. The Bertz CT molecular complexity index is 432. The molecule has 0 radical (unpaired) electrons. The summed E-state index contributed by atoms with van der Waals surface area (Å²) in [4.78, 5) is 13.9. The van der Waals surface area contributed by atoms with Crippen LogP contribution in [-0.4, -0.2) is 69.1 Å². The molecule has 2 aliphatic rings. The summed E-state index contributed by atoms with van der Waals surface area (Å²) in [5.41, 5.74) is 0. The molecule has 2 heterocycles. The van der Waals surface area contributed by atoms with Crippen molar-refractivity contribution < 1.29 is 17.9 Å². The molecule has 116 valence electrons. The molecule has 0 saturated carbocycles. The molecule has 0 spiro atoms.